The van der Waals surface area contributed by atoms with Crippen molar-refractivity contribution in [3.8, 4) is 11.5 Å². The van der Waals surface area contributed by atoms with E-state index < -0.39 is 6.04 Å². The first-order chi connectivity index (χ1) is 17.0. The Bertz CT molecular complexity index is 1120. The quantitative estimate of drug-likeness (QED) is 0.483. The van der Waals surface area contributed by atoms with Crippen LogP contribution in [-0.2, 0) is 16.0 Å². The van der Waals surface area contributed by atoms with Crippen LogP contribution >= 0.6 is 0 Å². The number of likely N-dealkylation sites (N-methyl/N-ethyl adjacent to an activating group) is 1. The number of ether oxygens (including phenoxy) is 1. The average Bonchev–Trinajstić information content (AvgIpc) is 3.39. The van der Waals surface area contributed by atoms with Crippen LogP contribution in [0, 0.1) is 0 Å². The number of para-hydroxylation sites is 1. The van der Waals surface area contributed by atoms with E-state index in [9.17, 15) is 9.59 Å². The van der Waals surface area contributed by atoms with E-state index >= 15 is 0 Å². The summed E-state index contributed by atoms with van der Waals surface area (Å²) in [6, 6.07) is 26.3. The van der Waals surface area contributed by atoms with Gasteiger partial charge in [-0.3, -0.25) is 9.59 Å². The lowest BCUT2D eigenvalue weighted by molar-refractivity contribution is -0.137. The topological polar surface area (TPSA) is 70.7 Å². The van der Waals surface area contributed by atoms with Crippen LogP contribution in [0.5, 0.6) is 11.5 Å². The van der Waals surface area contributed by atoms with Crippen molar-refractivity contribution >= 4 is 11.8 Å². The van der Waals surface area contributed by atoms with Gasteiger partial charge in [-0.25, -0.2) is 0 Å². The van der Waals surface area contributed by atoms with Crippen molar-refractivity contribution < 1.29 is 14.3 Å². The third-order valence-electron chi connectivity index (χ3n) is 6.48. The van der Waals surface area contributed by atoms with E-state index in [0.29, 0.717) is 13.0 Å². The first-order valence-electron chi connectivity index (χ1n) is 12.2. The summed E-state index contributed by atoms with van der Waals surface area (Å²) >= 11 is 0. The van der Waals surface area contributed by atoms with E-state index in [-0.39, 0.29) is 23.9 Å². The Morgan fingerprint density at radius 1 is 0.971 bits per heavy atom. The van der Waals surface area contributed by atoms with Crippen LogP contribution in [0.25, 0.3) is 0 Å². The van der Waals surface area contributed by atoms with E-state index in [2.05, 4.69) is 10.6 Å². The van der Waals surface area contributed by atoms with Crippen molar-refractivity contribution in [1.82, 2.24) is 15.5 Å². The highest BCUT2D eigenvalue weighted by Crippen LogP contribution is 2.35. The number of benzene rings is 3. The second-order valence-corrected chi connectivity index (χ2v) is 8.94. The molecule has 0 bridgehead atoms. The normalized spacial score (nSPS) is 17.0. The van der Waals surface area contributed by atoms with E-state index in [4.69, 9.17) is 4.74 Å². The molecule has 0 aromatic heterocycles. The largest absolute Gasteiger partial charge is 0.457 e. The third kappa shape index (κ3) is 6.28. The molecular formula is C29H33N3O3. The highest BCUT2D eigenvalue weighted by atomic mass is 16.5. The van der Waals surface area contributed by atoms with Gasteiger partial charge >= 0.3 is 0 Å². The van der Waals surface area contributed by atoms with Crippen LogP contribution in [0.3, 0.4) is 0 Å². The summed E-state index contributed by atoms with van der Waals surface area (Å²) < 4.78 is 6.02. The zero-order chi connectivity index (χ0) is 24.6. The van der Waals surface area contributed by atoms with Crippen molar-refractivity contribution in [3.05, 3.63) is 96.1 Å². The molecule has 0 spiro atoms. The Kier molecular flexibility index (Phi) is 8.16. The van der Waals surface area contributed by atoms with Gasteiger partial charge in [-0.1, -0.05) is 60.7 Å². The maximum Gasteiger partial charge on any atom is 0.246 e. The minimum atomic E-state index is -0.634. The third-order valence-corrected chi connectivity index (χ3v) is 6.48. The highest BCUT2D eigenvalue weighted by Gasteiger charge is 2.35. The van der Waals surface area contributed by atoms with Gasteiger partial charge in [-0.2, -0.15) is 0 Å². The predicted octanol–water partition coefficient (Wildman–Crippen LogP) is 4.48. The molecule has 3 aromatic rings. The minimum Gasteiger partial charge on any atom is -0.457 e. The number of carbonyl (C=O) groups is 2. The lowest BCUT2D eigenvalue weighted by Crippen LogP contribution is -2.53. The highest BCUT2D eigenvalue weighted by molar-refractivity contribution is 5.90. The summed E-state index contributed by atoms with van der Waals surface area (Å²) in [6.07, 6.45) is 2.24. The van der Waals surface area contributed by atoms with E-state index in [1.54, 1.807) is 14.0 Å². The number of hydrogen-bond donors (Lipinski definition) is 2. The van der Waals surface area contributed by atoms with E-state index in [1.165, 1.54) is 0 Å². The van der Waals surface area contributed by atoms with Gasteiger partial charge in [0.2, 0.25) is 11.8 Å². The molecule has 6 heteroatoms. The Morgan fingerprint density at radius 3 is 2.37 bits per heavy atom. The van der Waals surface area contributed by atoms with E-state index in [0.717, 1.165) is 35.5 Å². The molecule has 0 saturated carbocycles. The molecule has 3 aromatic carbocycles. The van der Waals surface area contributed by atoms with Crippen molar-refractivity contribution in [3.63, 3.8) is 0 Å². The number of nitrogens with one attached hydrogen (secondary N) is 2. The molecular weight excluding hydrogens is 438 g/mol. The van der Waals surface area contributed by atoms with Crippen molar-refractivity contribution in [2.24, 2.45) is 0 Å². The Hall–Kier alpha value is -3.64. The fraction of sp³-hybridized carbons (Fsp3) is 0.310. The molecule has 0 radical (unpaired) electrons. The number of amides is 2. The molecule has 0 aliphatic carbocycles. The zero-order valence-electron chi connectivity index (χ0n) is 20.3. The van der Waals surface area contributed by atoms with Gasteiger partial charge in [0.05, 0.1) is 12.1 Å². The molecule has 4 rings (SSSR count). The molecule has 1 saturated heterocycles. The second-order valence-electron chi connectivity index (χ2n) is 8.94. The Morgan fingerprint density at radius 2 is 1.66 bits per heavy atom. The summed E-state index contributed by atoms with van der Waals surface area (Å²) in [7, 11) is 1.74. The molecule has 1 aliphatic rings. The zero-order valence-corrected chi connectivity index (χ0v) is 20.3. The summed E-state index contributed by atoms with van der Waals surface area (Å²) in [6.45, 7) is 2.45. The number of nitrogens with zero attached hydrogens (tertiary/aromatic N) is 1. The lowest BCUT2D eigenvalue weighted by Gasteiger charge is -2.30. The van der Waals surface area contributed by atoms with Crippen LogP contribution in [0.2, 0.25) is 0 Å². The first-order valence-corrected chi connectivity index (χ1v) is 12.2. The fourth-order valence-corrected chi connectivity index (χ4v) is 4.46. The molecule has 3 atom stereocenters. The number of rotatable bonds is 9. The van der Waals surface area contributed by atoms with Crippen molar-refractivity contribution in [1.29, 1.82) is 0 Å². The van der Waals surface area contributed by atoms with Gasteiger partial charge in [0.25, 0.3) is 0 Å². The standard InChI is InChI=1S/C29H33N3O3/c1-21(30-2)28(33)31-26(19-22-11-5-3-6-12-22)29(34)32-18-10-17-27(32)23-13-9-16-25(20-23)35-24-14-7-4-8-15-24/h3-9,11-16,20-21,26-27,30H,10,17-19H2,1-2H3,(H,31,33)/t21-,26+,27?/m1/s1. The predicted molar refractivity (Wildman–Crippen MR) is 137 cm³/mol. The molecule has 182 valence electrons. The Labute approximate surface area is 207 Å². The monoisotopic (exact) mass is 471 g/mol. The molecule has 1 heterocycles. The molecule has 35 heavy (non-hydrogen) atoms. The van der Waals surface area contributed by atoms with Crippen molar-refractivity contribution in [2.45, 2.75) is 44.3 Å². The van der Waals surface area contributed by atoms with E-state index in [1.807, 2.05) is 89.8 Å². The molecule has 6 nitrogen and oxygen atoms in total. The lowest BCUT2D eigenvalue weighted by atomic mass is 10.0. The van der Waals surface area contributed by atoms with Crippen molar-refractivity contribution in [2.75, 3.05) is 13.6 Å². The van der Waals surface area contributed by atoms with Crippen LogP contribution in [0.15, 0.2) is 84.9 Å². The first kappa shape index (κ1) is 24.5. The van der Waals surface area contributed by atoms with Crippen LogP contribution in [0.1, 0.15) is 36.9 Å². The van der Waals surface area contributed by atoms with Gasteiger partial charge in [-0.15, -0.1) is 0 Å². The van der Waals surface area contributed by atoms with Crippen LogP contribution < -0.4 is 15.4 Å². The molecule has 1 unspecified atom stereocenters. The smallest absolute Gasteiger partial charge is 0.246 e. The maximum absolute atomic E-state index is 13.8. The van der Waals surface area contributed by atoms with Crippen LogP contribution in [0.4, 0.5) is 0 Å². The van der Waals surface area contributed by atoms with Gasteiger partial charge in [0.1, 0.15) is 17.5 Å². The van der Waals surface area contributed by atoms with Gasteiger partial charge < -0.3 is 20.3 Å². The molecule has 2 amide bonds. The molecule has 1 aliphatic heterocycles. The second kappa shape index (κ2) is 11.7. The number of hydrogen-bond acceptors (Lipinski definition) is 4. The summed E-state index contributed by atoms with van der Waals surface area (Å²) in [4.78, 5) is 28.4. The van der Waals surface area contributed by atoms with Crippen LogP contribution in [-0.4, -0.2) is 42.4 Å². The number of carbonyl (C=O) groups excluding carboxylic acids is 2. The molecule has 2 N–H and O–H groups in total. The number of likely N-dealkylation sites (tertiary alicyclic amines) is 1. The fourth-order valence-electron chi connectivity index (χ4n) is 4.46. The summed E-state index contributed by atoms with van der Waals surface area (Å²) in [5.74, 6) is 1.27. The summed E-state index contributed by atoms with van der Waals surface area (Å²) in [5, 5.41) is 5.94. The molecule has 1 fully saturated rings. The van der Waals surface area contributed by atoms with Gasteiger partial charge in [-0.05, 0) is 62.2 Å². The van der Waals surface area contributed by atoms with Gasteiger partial charge in [0.15, 0.2) is 0 Å². The van der Waals surface area contributed by atoms with Gasteiger partial charge in [0, 0.05) is 13.0 Å². The SMILES string of the molecule is CN[C@H](C)C(=O)N[C@@H](Cc1ccccc1)C(=O)N1CCCC1c1cccc(Oc2ccccc2)c1. The Balaban J connectivity index is 1.54. The minimum absolute atomic E-state index is 0.0533. The maximum atomic E-state index is 13.8. The average molecular weight is 472 g/mol. The summed E-state index contributed by atoms with van der Waals surface area (Å²) in [5.41, 5.74) is 2.05.